The van der Waals surface area contributed by atoms with Crippen LogP contribution in [0.5, 0.6) is 5.75 Å². The van der Waals surface area contributed by atoms with Crippen molar-refractivity contribution in [2.75, 3.05) is 13.1 Å². The molecule has 2 unspecified atom stereocenters. The smallest absolute Gasteiger partial charge is 0.223 e. The zero-order valence-corrected chi connectivity index (χ0v) is 20.0. The molecule has 0 spiro atoms. The first kappa shape index (κ1) is 21.7. The van der Waals surface area contributed by atoms with Crippen LogP contribution in [0.15, 0.2) is 35.1 Å². The molecule has 0 radical (unpaired) electrons. The van der Waals surface area contributed by atoms with Crippen LogP contribution in [0.1, 0.15) is 62.5 Å². The second-order valence-electron chi connectivity index (χ2n) is 11.7. The van der Waals surface area contributed by atoms with Crippen LogP contribution in [0.25, 0.3) is 0 Å². The average Bonchev–Trinajstić information content (AvgIpc) is 2.97. The molecule has 2 aliphatic heterocycles. The number of hydrogen-bond donors (Lipinski definition) is 1. The maximum Gasteiger partial charge on any atom is 0.223 e. The van der Waals surface area contributed by atoms with Crippen molar-refractivity contribution >= 4 is 0 Å². The summed E-state index contributed by atoms with van der Waals surface area (Å²) in [5.41, 5.74) is 4.99. The van der Waals surface area contributed by atoms with Gasteiger partial charge in [0.25, 0.3) is 0 Å². The maximum atomic E-state index is 12.7. The lowest BCUT2D eigenvalue weighted by molar-refractivity contribution is 0.126. The molecular formula is C27H37N3O2. The molecule has 2 bridgehead atoms. The first-order valence-corrected chi connectivity index (χ1v) is 12.1. The minimum absolute atomic E-state index is 0.0777. The summed E-state index contributed by atoms with van der Waals surface area (Å²) in [6.07, 6.45) is 4.69. The highest BCUT2D eigenvalue weighted by molar-refractivity contribution is 5.32. The van der Waals surface area contributed by atoms with Gasteiger partial charge in [-0.25, -0.2) is 0 Å². The largest absolute Gasteiger partial charge is 0.503 e. The summed E-state index contributed by atoms with van der Waals surface area (Å²) in [6.45, 7) is 11.5. The number of pyridine rings is 1. The van der Waals surface area contributed by atoms with Crippen molar-refractivity contribution in [1.29, 1.82) is 0 Å². The third-order valence-corrected chi connectivity index (χ3v) is 8.11. The molecule has 1 saturated carbocycles. The Morgan fingerprint density at radius 1 is 1.09 bits per heavy atom. The van der Waals surface area contributed by atoms with Gasteiger partial charge in [0, 0.05) is 57.6 Å². The van der Waals surface area contributed by atoms with Crippen molar-refractivity contribution in [2.24, 2.45) is 17.9 Å². The number of likely N-dealkylation sites (tertiary alicyclic amines) is 1. The summed E-state index contributed by atoms with van der Waals surface area (Å²) in [4.78, 5) is 17.6. The molecule has 3 heterocycles. The van der Waals surface area contributed by atoms with Crippen LogP contribution in [-0.2, 0) is 33.1 Å². The summed E-state index contributed by atoms with van der Waals surface area (Å²) in [5, 5.41) is 10.7. The normalized spacial score (nSPS) is 27.4. The fourth-order valence-electron chi connectivity index (χ4n) is 7.00. The molecule has 2 aromatic rings. The summed E-state index contributed by atoms with van der Waals surface area (Å²) in [7, 11) is 2.01. The number of benzene rings is 1. The fraction of sp³-hybridized carbons (Fsp3) is 0.593. The van der Waals surface area contributed by atoms with Crippen molar-refractivity contribution in [3.8, 4) is 5.75 Å². The van der Waals surface area contributed by atoms with E-state index in [0.717, 1.165) is 44.0 Å². The van der Waals surface area contributed by atoms with Crippen LogP contribution in [0, 0.1) is 10.8 Å². The average molecular weight is 436 g/mol. The van der Waals surface area contributed by atoms with Crippen molar-refractivity contribution in [2.45, 2.75) is 72.1 Å². The molecule has 0 amide bonds. The van der Waals surface area contributed by atoms with Gasteiger partial charge in [0.1, 0.15) is 0 Å². The molecule has 1 aliphatic carbocycles. The molecule has 1 saturated heterocycles. The third-order valence-electron chi connectivity index (χ3n) is 8.11. The van der Waals surface area contributed by atoms with Crippen LogP contribution >= 0.6 is 0 Å². The van der Waals surface area contributed by atoms with Gasteiger partial charge < -0.3 is 9.67 Å². The standard InChI is InChI=1S/C27H37N3O2/c1-26(2)12-22-13-27(3,17-26)18-30(22)16-23-25(32)24(31)11-21(28(23)4)15-29-10-9-19-7-5-6-8-20(19)14-29/h5-8,11,22,32H,9-10,12-18H2,1-4H3. The Bertz CT molecular complexity index is 1090. The van der Waals surface area contributed by atoms with E-state index in [1.165, 1.54) is 30.4 Å². The van der Waals surface area contributed by atoms with Crippen LogP contribution in [0.3, 0.4) is 0 Å². The number of aromatic nitrogens is 1. The van der Waals surface area contributed by atoms with E-state index in [9.17, 15) is 9.90 Å². The van der Waals surface area contributed by atoms with Gasteiger partial charge in [-0.3, -0.25) is 14.6 Å². The quantitative estimate of drug-likeness (QED) is 0.787. The van der Waals surface area contributed by atoms with Crippen molar-refractivity contribution < 1.29 is 5.11 Å². The Hall–Kier alpha value is -2.11. The van der Waals surface area contributed by atoms with Gasteiger partial charge in [-0.05, 0) is 47.6 Å². The van der Waals surface area contributed by atoms with Crippen LogP contribution in [-0.4, -0.2) is 38.6 Å². The van der Waals surface area contributed by atoms with E-state index in [0.29, 0.717) is 23.4 Å². The number of rotatable bonds is 4. The predicted molar refractivity (Wildman–Crippen MR) is 128 cm³/mol. The number of aromatic hydroxyl groups is 1. The van der Waals surface area contributed by atoms with E-state index in [4.69, 9.17) is 0 Å². The molecule has 1 aromatic heterocycles. The summed E-state index contributed by atoms with van der Waals surface area (Å²) in [5.74, 6) is -0.0777. The molecule has 1 N–H and O–H groups in total. The first-order chi connectivity index (χ1) is 15.1. The third kappa shape index (κ3) is 4.01. The summed E-state index contributed by atoms with van der Waals surface area (Å²) < 4.78 is 2.08. The highest BCUT2D eigenvalue weighted by Gasteiger charge is 2.49. The highest BCUT2D eigenvalue weighted by Crippen LogP contribution is 2.52. The first-order valence-electron chi connectivity index (χ1n) is 12.1. The highest BCUT2D eigenvalue weighted by atomic mass is 16.3. The van der Waals surface area contributed by atoms with Gasteiger partial charge in [0.15, 0.2) is 5.75 Å². The van der Waals surface area contributed by atoms with Gasteiger partial charge in [-0.2, -0.15) is 0 Å². The Kier molecular flexibility index (Phi) is 5.25. The topological polar surface area (TPSA) is 48.7 Å². The van der Waals surface area contributed by atoms with Crippen LogP contribution in [0.4, 0.5) is 0 Å². The van der Waals surface area contributed by atoms with E-state index < -0.39 is 0 Å². The monoisotopic (exact) mass is 435 g/mol. The van der Waals surface area contributed by atoms with E-state index in [2.05, 4.69) is 59.4 Å². The lowest BCUT2D eigenvalue weighted by Crippen LogP contribution is -2.35. The lowest BCUT2D eigenvalue weighted by atomic mass is 9.65. The molecule has 2 atom stereocenters. The van der Waals surface area contributed by atoms with Crippen molar-refractivity contribution in [1.82, 2.24) is 14.4 Å². The number of nitrogens with zero attached hydrogens (tertiary/aromatic N) is 3. The van der Waals surface area contributed by atoms with E-state index in [1.54, 1.807) is 6.07 Å². The zero-order chi connectivity index (χ0) is 22.7. The second-order valence-corrected chi connectivity index (χ2v) is 11.7. The van der Waals surface area contributed by atoms with Crippen molar-refractivity contribution in [3.05, 3.63) is 63.1 Å². The predicted octanol–water partition coefficient (Wildman–Crippen LogP) is 4.05. The fourth-order valence-corrected chi connectivity index (χ4v) is 7.00. The van der Waals surface area contributed by atoms with Gasteiger partial charge >= 0.3 is 0 Å². The summed E-state index contributed by atoms with van der Waals surface area (Å²) in [6, 6.07) is 10.8. The van der Waals surface area contributed by atoms with E-state index >= 15 is 0 Å². The van der Waals surface area contributed by atoms with E-state index in [1.807, 2.05) is 7.05 Å². The SMILES string of the molecule is Cn1c(CN2CCc3ccccc3C2)cc(=O)c(O)c1CN1CC2(C)CC1CC(C)(C)C2. The van der Waals surface area contributed by atoms with Gasteiger partial charge in [-0.15, -0.1) is 0 Å². The number of hydrogen-bond acceptors (Lipinski definition) is 4. The van der Waals surface area contributed by atoms with E-state index in [-0.39, 0.29) is 11.2 Å². The molecule has 5 heteroatoms. The van der Waals surface area contributed by atoms with Gasteiger partial charge in [0.05, 0.1) is 5.69 Å². The van der Waals surface area contributed by atoms with Crippen LogP contribution in [0.2, 0.25) is 0 Å². The minimum atomic E-state index is -0.251. The minimum Gasteiger partial charge on any atom is -0.503 e. The summed E-state index contributed by atoms with van der Waals surface area (Å²) >= 11 is 0. The zero-order valence-electron chi connectivity index (χ0n) is 20.0. The molecule has 3 aliphatic rings. The van der Waals surface area contributed by atoms with Crippen LogP contribution < -0.4 is 5.43 Å². The molecule has 5 rings (SSSR count). The van der Waals surface area contributed by atoms with Gasteiger partial charge in [-0.1, -0.05) is 45.0 Å². The molecule has 172 valence electrons. The molecule has 32 heavy (non-hydrogen) atoms. The lowest BCUT2D eigenvalue weighted by Gasteiger charge is -2.40. The van der Waals surface area contributed by atoms with Crippen molar-refractivity contribution in [3.63, 3.8) is 0 Å². The maximum absolute atomic E-state index is 12.7. The molecular weight excluding hydrogens is 398 g/mol. The Morgan fingerprint density at radius 2 is 1.84 bits per heavy atom. The molecule has 2 fully saturated rings. The Balaban J connectivity index is 1.38. The second kappa shape index (κ2) is 7.74. The van der Waals surface area contributed by atoms with Gasteiger partial charge in [0.2, 0.25) is 5.43 Å². The Morgan fingerprint density at radius 3 is 2.62 bits per heavy atom. The molecule has 5 nitrogen and oxygen atoms in total. The number of fused-ring (bicyclic) bond motifs is 3. The Labute approximate surface area is 191 Å². The molecule has 1 aromatic carbocycles.